The second-order valence-electron chi connectivity index (χ2n) is 4.01. The summed E-state index contributed by atoms with van der Waals surface area (Å²) in [5.74, 6) is 0.385. The van der Waals surface area contributed by atoms with Crippen LogP contribution in [0.1, 0.15) is 11.1 Å². The summed E-state index contributed by atoms with van der Waals surface area (Å²) in [5.41, 5.74) is 8.94. The zero-order valence-electron chi connectivity index (χ0n) is 9.79. The SMILES string of the molecule is Cc1cc(Nc2cc(F)ccc2C)ncc1N. The van der Waals surface area contributed by atoms with Gasteiger partial charge >= 0.3 is 0 Å². The summed E-state index contributed by atoms with van der Waals surface area (Å²) in [6.45, 7) is 3.81. The molecule has 0 atom stereocenters. The minimum absolute atomic E-state index is 0.273. The predicted octanol–water partition coefficient (Wildman–Crippen LogP) is 3.16. The number of pyridine rings is 1. The van der Waals surface area contributed by atoms with Crippen LogP contribution in [0.4, 0.5) is 21.6 Å². The Hall–Kier alpha value is -2.10. The van der Waals surface area contributed by atoms with Crippen molar-refractivity contribution in [1.82, 2.24) is 4.98 Å². The van der Waals surface area contributed by atoms with Crippen molar-refractivity contribution in [3.05, 3.63) is 47.4 Å². The van der Waals surface area contributed by atoms with Gasteiger partial charge in [0.25, 0.3) is 0 Å². The number of aromatic nitrogens is 1. The number of anilines is 3. The molecule has 0 aliphatic carbocycles. The van der Waals surface area contributed by atoms with E-state index in [2.05, 4.69) is 10.3 Å². The van der Waals surface area contributed by atoms with E-state index in [0.29, 0.717) is 17.2 Å². The summed E-state index contributed by atoms with van der Waals surface area (Å²) in [5, 5.41) is 3.07. The summed E-state index contributed by atoms with van der Waals surface area (Å²) < 4.78 is 13.1. The molecule has 2 aromatic rings. The van der Waals surface area contributed by atoms with Crippen LogP contribution in [0.25, 0.3) is 0 Å². The van der Waals surface area contributed by atoms with Crippen LogP contribution in [0.15, 0.2) is 30.5 Å². The molecule has 0 amide bonds. The first-order valence-corrected chi connectivity index (χ1v) is 5.31. The zero-order chi connectivity index (χ0) is 12.4. The Morgan fingerprint density at radius 3 is 2.65 bits per heavy atom. The molecule has 0 saturated heterocycles. The first-order valence-electron chi connectivity index (χ1n) is 5.31. The van der Waals surface area contributed by atoms with E-state index in [0.717, 1.165) is 11.1 Å². The topological polar surface area (TPSA) is 50.9 Å². The van der Waals surface area contributed by atoms with Crippen molar-refractivity contribution >= 4 is 17.2 Å². The average molecular weight is 231 g/mol. The first kappa shape index (κ1) is 11.4. The highest BCUT2D eigenvalue weighted by atomic mass is 19.1. The number of nitrogens with two attached hydrogens (primary N) is 1. The second kappa shape index (κ2) is 4.41. The normalized spacial score (nSPS) is 10.3. The van der Waals surface area contributed by atoms with E-state index in [4.69, 9.17) is 5.73 Å². The monoisotopic (exact) mass is 231 g/mol. The predicted molar refractivity (Wildman–Crippen MR) is 67.8 cm³/mol. The number of nitrogens with one attached hydrogen (secondary N) is 1. The molecule has 0 aliphatic heterocycles. The van der Waals surface area contributed by atoms with Crippen LogP contribution in [0.3, 0.4) is 0 Å². The Labute approximate surface area is 99.5 Å². The lowest BCUT2D eigenvalue weighted by Gasteiger charge is -2.10. The Morgan fingerprint density at radius 1 is 1.18 bits per heavy atom. The van der Waals surface area contributed by atoms with Crippen molar-refractivity contribution < 1.29 is 4.39 Å². The number of nitrogen functional groups attached to an aromatic ring is 1. The van der Waals surface area contributed by atoms with Crippen molar-refractivity contribution in [1.29, 1.82) is 0 Å². The Kier molecular flexibility index (Phi) is 2.95. The van der Waals surface area contributed by atoms with E-state index in [1.54, 1.807) is 12.3 Å². The molecule has 3 nitrogen and oxygen atoms in total. The molecule has 0 unspecified atom stereocenters. The quantitative estimate of drug-likeness (QED) is 0.834. The molecule has 0 saturated carbocycles. The minimum Gasteiger partial charge on any atom is -0.397 e. The molecule has 88 valence electrons. The van der Waals surface area contributed by atoms with E-state index < -0.39 is 0 Å². The van der Waals surface area contributed by atoms with E-state index in [-0.39, 0.29) is 5.82 Å². The van der Waals surface area contributed by atoms with Crippen LogP contribution in [-0.2, 0) is 0 Å². The van der Waals surface area contributed by atoms with Gasteiger partial charge in [0.05, 0.1) is 11.9 Å². The molecule has 0 fully saturated rings. The van der Waals surface area contributed by atoms with Crippen molar-refractivity contribution in [3.63, 3.8) is 0 Å². The molecule has 4 heteroatoms. The van der Waals surface area contributed by atoms with Crippen LogP contribution in [-0.4, -0.2) is 4.98 Å². The van der Waals surface area contributed by atoms with Crippen molar-refractivity contribution in [2.24, 2.45) is 0 Å². The maximum absolute atomic E-state index is 13.1. The molecule has 17 heavy (non-hydrogen) atoms. The fourth-order valence-corrected chi connectivity index (χ4v) is 1.50. The van der Waals surface area contributed by atoms with Gasteiger partial charge in [0, 0.05) is 5.69 Å². The Morgan fingerprint density at radius 2 is 1.94 bits per heavy atom. The van der Waals surface area contributed by atoms with E-state index in [9.17, 15) is 4.39 Å². The van der Waals surface area contributed by atoms with E-state index in [1.165, 1.54) is 12.1 Å². The van der Waals surface area contributed by atoms with Crippen LogP contribution < -0.4 is 11.1 Å². The number of hydrogen-bond donors (Lipinski definition) is 2. The smallest absolute Gasteiger partial charge is 0.130 e. The Bertz CT molecular complexity index is 552. The summed E-state index contributed by atoms with van der Waals surface area (Å²) in [6.07, 6.45) is 1.59. The highest BCUT2D eigenvalue weighted by Crippen LogP contribution is 2.22. The minimum atomic E-state index is -0.273. The van der Waals surface area contributed by atoms with Gasteiger partial charge in [0.1, 0.15) is 11.6 Å². The molecule has 0 spiro atoms. The van der Waals surface area contributed by atoms with Crippen LogP contribution in [0, 0.1) is 19.7 Å². The van der Waals surface area contributed by atoms with Gasteiger partial charge in [-0.25, -0.2) is 9.37 Å². The fourth-order valence-electron chi connectivity index (χ4n) is 1.50. The molecule has 0 bridgehead atoms. The number of benzene rings is 1. The summed E-state index contributed by atoms with van der Waals surface area (Å²) in [4.78, 5) is 4.15. The first-order chi connectivity index (χ1) is 8.06. The third-order valence-electron chi connectivity index (χ3n) is 2.61. The van der Waals surface area contributed by atoms with Gasteiger partial charge < -0.3 is 11.1 Å². The van der Waals surface area contributed by atoms with Crippen molar-refractivity contribution in [2.45, 2.75) is 13.8 Å². The van der Waals surface area contributed by atoms with Gasteiger partial charge in [-0.1, -0.05) is 6.07 Å². The van der Waals surface area contributed by atoms with Crippen LogP contribution in [0.2, 0.25) is 0 Å². The van der Waals surface area contributed by atoms with Gasteiger partial charge in [0.15, 0.2) is 0 Å². The van der Waals surface area contributed by atoms with Crippen molar-refractivity contribution in [2.75, 3.05) is 11.1 Å². The largest absolute Gasteiger partial charge is 0.397 e. The van der Waals surface area contributed by atoms with Gasteiger partial charge in [0.2, 0.25) is 0 Å². The molecule has 1 heterocycles. The number of rotatable bonds is 2. The van der Waals surface area contributed by atoms with Gasteiger partial charge in [-0.2, -0.15) is 0 Å². The summed E-state index contributed by atoms with van der Waals surface area (Å²) in [6, 6.07) is 6.44. The second-order valence-corrected chi connectivity index (χ2v) is 4.01. The lowest BCUT2D eigenvalue weighted by atomic mass is 10.2. The summed E-state index contributed by atoms with van der Waals surface area (Å²) >= 11 is 0. The highest BCUT2D eigenvalue weighted by Gasteiger charge is 2.03. The lowest BCUT2D eigenvalue weighted by molar-refractivity contribution is 0.628. The third-order valence-corrected chi connectivity index (χ3v) is 2.61. The van der Waals surface area contributed by atoms with E-state index >= 15 is 0 Å². The standard InChI is InChI=1S/C13H14FN3/c1-8-3-4-10(14)6-12(8)17-13-5-9(2)11(15)7-16-13/h3-7H,15H2,1-2H3,(H,16,17). The zero-order valence-corrected chi connectivity index (χ0v) is 9.79. The van der Waals surface area contributed by atoms with Gasteiger partial charge in [-0.15, -0.1) is 0 Å². The van der Waals surface area contributed by atoms with Gasteiger partial charge in [-0.05, 0) is 43.2 Å². The maximum atomic E-state index is 13.1. The molecular weight excluding hydrogens is 217 g/mol. The molecule has 1 aromatic heterocycles. The molecule has 3 N–H and O–H groups in total. The average Bonchev–Trinajstić information content (AvgIpc) is 2.29. The molecule has 0 aliphatic rings. The van der Waals surface area contributed by atoms with Crippen LogP contribution >= 0.6 is 0 Å². The number of aryl methyl sites for hydroxylation is 2. The maximum Gasteiger partial charge on any atom is 0.130 e. The highest BCUT2D eigenvalue weighted by molar-refractivity contribution is 5.62. The molecule has 2 rings (SSSR count). The summed E-state index contributed by atoms with van der Waals surface area (Å²) in [7, 11) is 0. The van der Waals surface area contributed by atoms with Crippen LogP contribution in [0.5, 0.6) is 0 Å². The third kappa shape index (κ3) is 2.53. The molecule has 0 radical (unpaired) electrons. The number of nitrogens with zero attached hydrogens (tertiary/aromatic N) is 1. The molecule has 1 aromatic carbocycles. The molecular formula is C13H14FN3. The number of halogens is 1. The number of hydrogen-bond acceptors (Lipinski definition) is 3. The van der Waals surface area contributed by atoms with Crippen molar-refractivity contribution in [3.8, 4) is 0 Å². The Balaban J connectivity index is 2.31. The van der Waals surface area contributed by atoms with E-state index in [1.807, 2.05) is 19.9 Å². The lowest BCUT2D eigenvalue weighted by Crippen LogP contribution is -1.99. The fraction of sp³-hybridized carbons (Fsp3) is 0.154. The van der Waals surface area contributed by atoms with Gasteiger partial charge in [-0.3, -0.25) is 0 Å².